The third-order valence-electron chi connectivity index (χ3n) is 7.53. The molecular formula is C31H31N5O2. The minimum atomic E-state index is -0.232. The lowest BCUT2D eigenvalue weighted by molar-refractivity contribution is -0.116. The number of carbonyl (C=O) groups is 1. The topological polar surface area (TPSA) is 97.0 Å². The molecule has 7 heteroatoms. The van der Waals surface area contributed by atoms with Gasteiger partial charge in [-0.3, -0.25) is 9.59 Å². The van der Waals surface area contributed by atoms with E-state index < -0.39 is 0 Å². The fraction of sp³-hybridized carbons (Fsp3) is 0.258. The first-order valence-corrected chi connectivity index (χ1v) is 13.2. The van der Waals surface area contributed by atoms with Gasteiger partial charge in [0.25, 0.3) is 5.56 Å². The summed E-state index contributed by atoms with van der Waals surface area (Å²) in [7, 11) is 0. The van der Waals surface area contributed by atoms with Crippen molar-refractivity contribution in [2.45, 2.75) is 39.2 Å². The summed E-state index contributed by atoms with van der Waals surface area (Å²) < 4.78 is 2.34. The van der Waals surface area contributed by atoms with Gasteiger partial charge in [0.15, 0.2) is 0 Å². The summed E-state index contributed by atoms with van der Waals surface area (Å²) in [6, 6.07) is 22.5. The van der Waals surface area contributed by atoms with Crippen molar-refractivity contribution in [1.82, 2.24) is 14.5 Å². The van der Waals surface area contributed by atoms with Crippen LogP contribution in [0.1, 0.15) is 36.6 Å². The minimum absolute atomic E-state index is 0.00280. The van der Waals surface area contributed by atoms with Gasteiger partial charge in [-0.25, -0.2) is 4.98 Å². The monoisotopic (exact) mass is 505 g/mol. The zero-order valence-corrected chi connectivity index (χ0v) is 21.5. The number of aryl methyl sites for hydroxylation is 1. The lowest BCUT2D eigenvalue weighted by Crippen LogP contribution is -2.25. The molecule has 5 aromatic rings. The molecule has 3 N–H and O–H groups in total. The van der Waals surface area contributed by atoms with Crippen molar-refractivity contribution < 1.29 is 4.79 Å². The molecule has 0 unspecified atom stereocenters. The summed E-state index contributed by atoms with van der Waals surface area (Å²) in [6.07, 6.45) is 3.35. The van der Waals surface area contributed by atoms with Crippen LogP contribution in [0.15, 0.2) is 71.5 Å². The van der Waals surface area contributed by atoms with Crippen LogP contribution < -0.4 is 16.2 Å². The molecule has 6 rings (SSSR count). The Labute approximate surface area is 220 Å². The van der Waals surface area contributed by atoms with Crippen molar-refractivity contribution in [3.63, 3.8) is 0 Å². The number of aromatic nitrogens is 3. The number of carbonyl (C=O) groups excluding carboxylic acids is 1. The highest BCUT2D eigenvalue weighted by atomic mass is 16.2. The average Bonchev–Trinajstić information content (AvgIpc) is 3.47. The third kappa shape index (κ3) is 4.19. The SMILES string of the molecule is CC(=O)N1CCc2cc3nc(-c4c(Cc5ccccc5)n(CCCCN)c5ccccc45)c(=O)[nH]c3cc21. The van der Waals surface area contributed by atoms with Crippen molar-refractivity contribution in [1.29, 1.82) is 0 Å². The van der Waals surface area contributed by atoms with E-state index in [4.69, 9.17) is 10.7 Å². The van der Waals surface area contributed by atoms with Crippen LogP contribution in [0.5, 0.6) is 0 Å². The summed E-state index contributed by atoms with van der Waals surface area (Å²) >= 11 is 0. The Morgan fingerprint density at radius 3 is 2.63 bits per heavy atom. The quantitative estimate of drug-likeness (QED) is 0.311. The van der Waals surface area contributed by atoms with E-state index >= 15 is 0 Å². The van der Waals surface area contributed by atoms with Crippen molar-refractivity contribution in [2.75, 3.05) is 18.0 Å². The molecule has 0 bridgehead atoms. The smallest absolute Gasteiger partial charge is 0.275 e. The van der Waals surface area contributed by atoms with E-state index in [1.807, 2.05) is 42.5 Å². The number of unbranched alkanes of at least 4 members (excludes halogenated alkanes) is 1. The summed E-state index contributed by atoms with van der Waals surface area (Å²) in [4.78, 5) is 35.5. The summed E-state index contributed by atoms with van der Waals surface area (Å²) in [5, 5.41) is 1.02. The molecular weight excluding hydrogens is 474 g/mol. The minimum Gasteiger partial charge on any atom is -0.344 e. The Morgan fingerprint density at radius 1 is 1.05 bits per heavy atom. The summed E-state index contributed by atoms with van der Waals surface area (Å²) in [6.45, 7) is 3.69. The maximum atomic E-state index is 13.6. The van der Waals surface area contributed by atoms with Crippen molar-refractivity contribution in [2.24, 2.45) is 5.73 Å². The maximum Gasteiger partial charge on any atom is 0.275 e. The second-order valence-electron chi connectivity index (χ2n) is 9.98. The van der Waals surface area contributed by atoms with E-state index in [-0.39, 0.29) is 11.5 Å². The Hall–Kier alpha value is -4.23. The summed E-state index contributed by atoms with van der Waals surface area (Å²) in [5.41, 5.74) is 13.5. The van der Waals surface area contributed by atoms with E-state index in [0.717, 1.165) is 64.7 Å². The molecule has 0 spiro atoms. The van der Waals surface area contributed by atoms with Crippen molar-refractivity contribution in [3.8, 4) is 11.3 Å². The van der Waals surface area contributed by atoms with Gasteiger partial charge in [-0.05, 0) is 55.1 Å². The van der Waals surface area contributed by atoms with Crippen LogP contribution in [-0.2, 0) is 24.2 Å². The molecule has 192 valence electrons. The lowest BCUT2D eigenvalue weighted by Gasteiger charge is -2.15. The van der Waals surface area contributed by atoms with Crippen LogP contribution in [0.4, 0.5) is 5.69 Å². The second-order valence-corrected chi connectivity index (χ2v) is 9.98. The molecule has 38 heavy (non-hydrogen) atoms. The maximum absolute atomic E-state index is 13.6. The molecule has 0 saturated heterocycles. The Bertz CT molecular complexity index is 1720. The largest absolute Gasteiger partial charge is 0.344 e. The summed E-state index contributed by atoms with van der Waals surface area (Å²) in [5.74, 6) is 0.00280. The number of fused-ring (bicyclic) bond motifs is 3. The molecule has 3 aromatic carbocycles. The van der Waals surface area contributed by atoms with Crippen LogP contribution >= 0.6 is 0 Å². The van der Waals surface area contributed by atoms with Crippen LogP contribution in [-0.4, -0.2) is 33.5 Å². The number of benzene rings is 3. The van der Waals surface area contributed by atoms with Gasteiger partial charge in [0, 0.05) is 54.3 Å². The van der Waals surface area contributed by atoms with E-state index in [9.17, 15) is 9.59 Å². The second kappa shape index (κ2) is 9.91. The molecule has 0 radical (unpaired) electrons. The molecule has 0 fully saturated rings. The van der Waals surface area contributed by atoms with Crippen LogP contribution in [0.2, 0.25) is 0 Å². The molecule has 3 heterocycles. The standard InChI is InChI=1S/C31H31N5O2/c1-20(37)35-16-13-22-18-24-25(19-27(22)35)34-31(38)30(33-24)29-23-11-5-6-12-26(23)36(15-8-7-14-32)28(29)17-21-9-3-2-4-10-21/h2-6,9-12,18-19H,7-8,13-17,32H2,1H3,(H,34,38). The molecule has 1 aliphatic rings. The van der Waals surface area contributed by atoms with Gasteiger partial charge < -0.3 is 20.2 Å². The molecule has 7 nitrogen and oxygen atoms in total. The highest BCUT2D eigenvalue weighted by molar-refractivity contribution is 5.99. The fourth-order valence-electron chi connectivity index (χ4n) is 5.73. The Balaban J connectivity index is 1.57. The van der Waals surface area contributed by atoms with Crippen LogP contribution in [0.25, 0.3) is 33.2 Å². The fourth-order valence-corrected chi connectivity index (χ4v) is 5.73. The van der Waals surface area contributed by atoms with Gasteiger partial charge >= 0.3 is 0 Å². The zero-order chi connectivity index (χ0) is 26.2. The van der Waals surface area contributed by atoms with Crippen LogP contribution in [0, 0.1) is 0 Å². The highest BCUT2D eigenvalue weighted by Crippen LogP contribution is 2.36. The van der Waals surface area contributed by atoms with Gasteiger partial charge in [0.1, 0.15) is 5.69 Å². The molecule has 1 amide bonds. The number of rotatable bonds is 7. The van der Waals surface area contributed by atoms with Gasteiger partial charge in [-0.2, -0.15) is 0 Å². The van der Waals surface area contributed by atoms with E-state index in [2.05, 4.69) is 33.8 Å². The van der Waals surface area contributed by atoms with E-state index in [0.29, 0.717) is 30.7 Å². The first kappa shape index (κ1) is 24.1. The molecule has 1 aliphatic heterocycles. The first-order chi connectivity index (χ1) is 18.5. The Kier molecular flexibility index (Phi) is 6.29. The number of hydrogen-bond acceptors (Lipinski definition) is 4. The predicted molar refractivity (Wildman–Crippen MR) is 153 cm³/mol. The molecule has 0 aliphatic carbocycles. The first-order valence-electron chi connectivity index (χ1n) is 13.2. The third-order valence-corrected chi connectivity index (χ3v) is 7.53. The van der Waals surface area contributed by atoms with E-state index in [1.54, 1.807) is 11.8 Å². The number of aromatic amines is 1. The van der Waals surface area contributed by atoms with Crippen molar-refractivity contribution >= 4 is 33.5 Å². The van der Waals surface area contributed by atoms with Gasteiger partial charge in [-0.1, -0.05) is 48.5 Å². The predicted octanol–water partition coefficient (Wildman–Crippen LogP) is 4.78. The van der Waals surface area contributed by atoms with E-state index in [1.165, 1.54) is 5.56 Å². The molecule has 0 saturated carbocycles. The number of para-hydroxylation sites is 1. The number of H-pyrrole nitrogens is 1. The molecule has 0 atom stereocenters. The number of anilines is 1. The molecule has 2 aromatic heterocycles. The normalized spacial score (nSPS) is 12.9. The average molecular weight is 506 g/mol. The zero-order valence-electron chi connectivity index (χ0n) is 21.5. The number of hydrogen-bond donors (Lipinski definition) is 2. The van der Waals surface area contributed by atoms with Crippen LogP contribution in [0.3, 0.4) is 0 Å². The number of nitrogens with zero attached hydrogens (tertiary/aromatic N) is 3. The number of amides is 1. The Morgan fingerprint density at radius 2 is 1.84 bits per heavy atom. The van der Waals surface area contributed by atoms with Crippen molar-refractivity contribution in [3.05, 3.63) is 93.9 Å². The lowest BCUT2D eigenvalue weighted by atomic mass is 10.0. The van der Waals surface area contributed by atoms with Gasteiger partial charge in [-0.15, -0.1) is 0 Å². The number of nitrogens with one attached hydrogen (secondary N) is 1. The van der Waals surface area contributed by atoms with Gasteiger partial charge in [0.05, 0.1) is 11.0 Å². The highest BCUT2D eigenvalue weighted by Gasteiger charge is 2.25. The number of nitrogens with two attached hydrogens (primary N) is 1. The van der Waals surface area contributed by atoms with Gasteiger partial charge in [0.2, 0.25) is 5.91 Å².